The number of ether oxygens (including phenoxy) is 1. The van der Waals surface area contributed by atoms with Crippen LogP contribution < -0.4 is 11.3 Å². The third kappa shape index (κ3) is 3.46. The van der Waals surface area contributed by atoms with Gasteiger partial charge in [-0.15, -0.1) is 0 Å². The predicted molar refractivity (Wildman–Crippen MR) is 77.1 cm³/mol. The summed E-state index contributed by atoms with van der Waals surface area (Å²) in [6, 6.07) is 4.93. The van der Waals surface area contributed by atoms with E-state index in [4.69, 9.17) is 10.6 Å². The monoisotopic (exact) mass is 279 g/mol. The Morgan fingerprint density at radius 2 is 2.20 bits per heavy atom. The fraction of sp³-hybridized carbons (Fsp3) is 0.571. The standard InChI is InChI=1S/C14H21N3O3/c1-10-4-2-3-5-14(10)20-9-11-6-7-12(16-15)13(8-11)17(18)19/h6-8,10,14,16H,2-5,9,15H2,1H3. The smallest absolute Gasteiger partial charge is 0.294 e. The molecular weight excluding hydrogens is 258 g/mol. The second kappa shape index (κ2) is 6.67. The van der Waals surface area contributed by atoms with Gasteiger partial charge in [0.25, 0.3) is 5.69 Å². The second-order valence-electron chi connectivity index (χ2n) is 5.36. The third-order valence-electron chi connectivity index (χ3n) is 3.91. The fourth-order valence-electron chi connectivity index (χ4n) is 2.67. The van der Waals surface area contributed by atoms with Crippen molar-refractivity contribution >= 4 is 11.4 Å². The number of anilines is 1. The van der Waals surface area contributed by atoms with Crippen LogP contribution in [0.1, 0.15) is 38.2 Å². The first kappa shape index (κ1) is 14.7. The third-order valence-corrected chi connectivity index (χ3v) is 3.91. The molecule has 1 fully saturated rings. The molecule has 20 heavy (non-hydrogen) atoms. The lowest BCUT2D eigenvalue weighted by atomic mass is 9.88. The van der Waals surface area contributed by atoms with E-state index in [-0.39, 0.29) is 11.8 Å². The van der Waals surface area contributed by atoms with Crippen molar-refractivity contribution in [3.05, 3.63) is 33.9 Å². The van der Waals surface area contributed by atoms with E-state index in [1.165, 1.54) is 25.3 Å². The van der Waals surface area contributed by atoms with Crippen LogP contribution >= 0.6 is 0 Å². The first-order valence-corrected chi connectivity index (χ1v) is 6.97. The number of benzene rings is 1. The summed E-state index contributed by atoms with van der Waals surface area (Å²) in [5, 5.41) is 11.0. The highest BCUT2D eigenvalue weighted by atomic mass is 16.6. The average Bonchev–Trinajstić information content (AvgIpc) is 2.46. The highest BCUT2D eigenvalue weighted by Gasteiger charge is 2.22. The van der Waals surface area contributed by atoms with E-state index < -0.39 is 4.92 Å². The molecule has 1 aromatic carbocycles. The summed E-state index contributed by atoms with van der Waals surface area (Å²) >= 11 is 0. The summed E-state index contributed by atoms with van der Waals surface area (Å²) in [4.78, 5) is 10.5. The zero-order chi connectivity index (χ0) is 14.5. The molecule has 2 unspecified atom stereocenters. The van der Waals surface area contributed by atoms with E-state index in [1.807, 2.05) is 0 Å². The Balaban J connectivity index is 2.02. The number of nitrogens with two attached hydrogens (primary N) is 1. The first-order valence-electron chi connectivity index (χ1n) is 6.97. The highest BCUT2D eigenvalue weighted by Crippen LogP contribution is 2.29. The molecule has 2 atom stereocenters. The largest absolute Gasteiger partial charge is 0.373 e. The summed E-state index contributed by atoms with van der Waals surface area (Å²) in [6.45, 7) is 2.61. The van der Waals surface area contributed by atoms with Gasteiger partial charge < -0.3 is 10.2 Å². The van der Waals surface area contributed by atoms with Crippen LogP contribution in [0.25, 0.3) is 0 Å². The van der Waals surface area contributed by atoms with Crippen molar-refractivity contribution in [1.82, 2.24) is 0 Å². The Kier molecular flexibility index (Phi) is 4.92. The Morgan fingerprint density at radius 1 is 1.45 bits per heavy atom. The van der Waals surface area contributed by atoms with Gasteiger partial charge >= 0.3 is 0 Å². The molecule has 0 heterocycles. The van der Waals surface area contributed by atoms with E-state index in [1.54, 1.807) is 12.1 Å². The van der Waals surface area contributed by atoms with Crippen molar-refractivity contribution in [2.75, 3.05) is 5.43 Å². The lowest BCUT2D eigenvalue weighted by Gasteiger charge is -2.28. The van der Waals surface area contributed by atoms with Crippen molar-refractivity contribution in [3.63, 3.8) is 0 Å². The van der Waals surface area contributed by atoms with Gasteiger partial charge in [0.05, 0.1) is 17.6 Å². The molecule has 0 spiro atoms. The molecule has 0 aromatic heterocycles. The number of nitrogen functional groups attached to an aromatic ring is 1. The van der Waals surface area contributed by atoms with Crippen LogP contribution in [0.2, 0.25) is 0 Å². The van der Waals surface area contributed by atoms with Crippen LogP contribution in [0, 0.1) is 16.0 Å². The van der Waals surface area contributed by atoms with Crippen LogP contribution in [-0.4, -0.2) is 11.0 Å². The normalized spacial score (nSPS) is 22.5. The SMILES string of the molecule is CC1CCCCC1OCc1ccc(NN)c([N+](=O)[O-])c1. The van der Waals surface area contributed by atoms with E-state index in [9.17, 15) is 10.1 Å². The minimum atomic E-state index is -0.443. The van der Waals surface area contributed by atoms with Crippen molar-refractivity contribution in [2.45, 2.75) is 45.3 Å². The molecule has 0 saturated heterocycles. The van der Waals surface area contributed by atoms with Gasteiger partial charge in [0.2, 0.25) is 0 Å². The number of nitro benzene ring substituents is 1. The first-order chi connectivity index (χ1) is 9.61. The number of rotatable bonds is 5. The maximum atomic E-state index is 11.0. The Morgan fingerprint density at radius 3 is 2.85 bits per heavy atom. The van der Waals surface area contributed by atoms with Gasteiger partial charge in [0.1, 0.15) is 5.69 Å². The lowest BCUT2D eigenvalue weighted by Crippen LogP contribution is -2.25. The van der Waals surface area contributed by atoms with E-state index in [0.29, 0.717) is 18.2 Å². The van der Waals surface area contributed by atoms with Crippen LogP contribution in [0.15, 0.2) is 18.2 Å². The topological polar surface area (TPSA) is 90.4 Å². The summed E-state index contributed by atoms with van der Waals surface area (Å²) < 4.78 is 5.92. The van der Waals surface area contributed by atoms with Crippen LogP contribution in [-0.2, 0) is 11.3 Å². The Labute approximate surface area is 118 Å². The molecular formula is C14H21N3O3. The Bertz CT molecular complexity index is 479. The fourth-order valence-corrected chi connectivity index (χ4v) is 2.67. The minimum absolute atomic E-state index is 0.0229. The number of nitrogens with one attached hydrogen (secondary N) is 1. The predicted octanol–water partition coefficient (Wildman–Crippen LogP) is 2.98. The molecule has 1 aliphatic rings. The van der Waals surface area contributed by atoms with Crippen molar-refractivity contribution in [1.29, 1.82) is 0 Å². The van der Waals surface area contributed by atoms with Gasteiger partial charge in [-0.3, -0.25) is 16.0 Å². The van der Waals surface area contributed by atoms with E-state index in [0.717, 1.165) is 12.0 Å². The quantitative estimate of drug-likeness (QED) is 0.491. The van der Waals surface area contributed by atoms with Gasteiger partial charge in [-0.2, -0.15) is 0 Å². The van der Waals surface area contributed by atoms with Crippen molar-refractivity contribution < 1.29 is 9.66 Å². The molecule has 6 nitrogen and oxygen atoms in total. The maximum absolute atomic E-state index is 11.0. The van der Waals surface area contributed by atoms with Gasteiger partial charge in [-0.05, 0) is 30.4 Å². The van der Waals surface area contributed by atoms with Gasteiger partial charge in [0.15, 0.2) is 0 Å². The zero-order valence-corrected chi connectivity index (χ0v) is 11.7. The zero-order valence-electron chi connectivity index (χ0n) is 11.7. The molecule has 0 aliphatic heterocycles. The molecule has 6 heteroatoms. The molecule has 2 rings (SSSR count). The average molecular weight is 279 g/mol. The van der Waals surface area contributed by atoms with Crippen molar-refractivity contribution in [2.24, 2.45) is 11.8 Å². The summed E-state index contributed by atoms with van der Waals surface area (Å²) in [7, 11) is 0. The van der Waals surface area contributed by atoms with Crippen molar-refractivity contribution in [3.8, 4) is 0 Å². The molecule has 1 saturated carbocycles. The van der Waals surface area contributed by atoms with E-state index in [2.05, 4.69) is 12.3 Å². The highest BCUT2D eigenvalue weighted by molar-refractivity contribution is 5.61. The second-order valence-corrected chi connectivity index (χ2v) is 5.36. The molecule has 1 aliphatic carbocycles. The van der Waals surface area contributed by atoms with E-state index >= 15 is 0 Å². The van der Waals surface area contributed by atoms with Gasteiger partial charge in [-0.25, -0.2) is 0 Å². The molecule has 110 valence electrons. The molecule has 3 N–H and O–H groups in total. The number of hydrazine groups is 1. The van der Waals surface area contributed by atoms with Gasteiger partial charge in [0, 0.05) is 6.07 Å². The number of nitro groups is 1. The number of nitrogens with zero attached hydrogens (tertiary/aromatic N) is 1. The summed E-state index contributed by atoms with van der Waals surface area (Å²) in [5.41, 5.74) is 3.42. The number of hydrogen-bond acceptors (Lipinski definition) is 5. The van der Waals surface area contributed by atoms with Crippen LogP contribution in [0.4, 0.5) is 11.4 Å². The molecule has 1 aromatic rings. The van der Waals surface area contributed by atoms with Crippen LogP contribution in [0.3, 0.4) is 0 Å². The summed E-state index contributed by atoms with van der Waals surface area (Å²) in [5.74, 6) is 5.82. The number of hydrogen-bond donors (Lipinski definition) is 2. The molecule has 0 amide bonds. The Hall–Kier alpha value is -1.66. The maximum Gasteiger partial charge on any atom is 0.294 e. The van der Waals surface area contributed by atoms with Gasteiger partial charge in [-0.1, -0.05) is 25.8 Å². The molecule has 0 bridgehead atoms. The van der Waals surface area contributed by atoms with Crippen LogP contribution in [0.5, 0.6) is 0 Å². The summed E-state index contributed by atoms with van der Waals surface area (Å²) in [6.07, 6.45) is 5.00. The minimum Gasteiger partial charge on any atom is -0.373 e. The lowest BCUT2D eigenvalue weighted by molar-refractivity contribution is -0.384. The molecule has 0 radical (unpaired) electrons.